The van der Waals surface area contributed by atoms with Crippen molar-refractivity contribution in [2.24, 2.45) is 0 Å². The van der Waals surface area contributed by atoms with Gasteiger partial charge in [0.1, 0.15) is 0 Å². The van der Waals surface area contributed by atoms with Gasteiger partial charge in [0.2, 0.25) is 5.95 Å². The van der Waals surface area contributed by atoms with Crippen LogP contribution in [-0.2, 0) is 0 Å². The van der Waals surface area contributed by atoms with E-state index >= 15 is 0 Å². The first kappa shape index (κ1) is 31.9. The average molecular weight is 716 g/mol. The van der Waals surface area contributed by atoms with Crippen LogP contribution in [0, 0.1) is 0 Å². The third-order valence-corrected chi connectivity index (χ3v) is 10.8. The molecular formula is C51H33N5. The summed E-state index contributed by atoms with van der Waals surface area (Å²) in [6.45, 7) is 0. The minimum atomic E-state index is 0.574. The van der Waals surface area contributed by atoms with Crippen LogP contribution in [-0.4, -0.2) is 24.1 Å². The number of para-hydroxylation sites is 3. The monoisotopic (exact) mass is 715 g/mol. The van der Waals surface area contributed by atoms with Crippen molar-refractivity contribution in [3.8, 4) is 56.7 Å². The zero-order chi connectivity index (χ0) is 37.0. The van der Waals surface area contributed by atoms with E-state index < -0.39 is 0 Å². The molecule has 5 heteroatoms. The largest absolute Gasteiger partial charge is 0.309 e. The zero-order valence-electron chi connectivity index (χ0n) is 30.3. The maximum Gasteiger partial charge on any atom is 0.238 e. The van der Waals surface area contributed by atoms with Crippen molar-refractivity contribution in [1.29, 1.82) is 0 Å². The summed E-state index contributed by atoms with van der Waals surface area (Å²) in [7, 11) is 0. The molecule has 0 amide bonds. The summed E-state index contributed by atoms with van der Waals surface area (Å²) in [5, 5.41) is 4.73. The fraction of sp³-hybridized carbons (Fsp3) is 0. The third-order valence-electron chi connectivity index (χ3n) is 10.8. The van der Waals surface area contributed by atoms with Gasteiger partial charge >= 0.3 is 0 Å². The lowest BCUT2D eigenvalue weighted by molar-refractivity contribution is 0.953. The number of rotatable bonds is 6. The van der Waals surface area contributed by atoms with E-state index in [1.165, 1.54) is 27.5 Å². The number of hydrogen-bond acceptors (Lipinski definition) is 3. The molecule has 11 aromatic rings. The van der Waals surface area contributed by atoms with E-state index in [9.17, 15) is 0 Å². The molecule has 0 radical (unpaired) electrons. The van der Waals surface area contributed by atoms with E-state index in [1.807, 2.05) is 6.07 Å². The highest BCUT2D eigenvalue weighted by Gasteiger charge is 2.19. The predicted molar refractivity (Wildman–Crippen MR) is 230 cm³/mol. The Morgan fingerprint density at radius 1 is 0.268 bits per heavy atom. The Bertz CT molecular complexity index is 3180. The lowest BCUT2D eigenvalue weighted by atomic mass is 10.0. The molecular weight excluding hydrogens is 683 g/mol. The molecule has 0 unspecified atom stereocenters. The molecule has 3 aromatic heterocycles. The Morgan fingerprint density at radius 3 is 1.36 bits per heavy atom. The standard InChI is InChI=1S/C51H33N5/c1-3-14-34(15-4-1)36-26-28-37(29-27-36)49-52-50(54-51(53-49)56-46-24-11-7-20-41(46)42-21-8-12-25-47(42)56)39-18-13-19-40(32-39)55-45-23-10-9-22-43(45)44-33-38(30-31-48(44)55)35-16-5-2-6-17-35/h1-33H. The number of benzene rings is 8. The van der Waals surface area contributed by atoms with E-state index in [0.29, 0.717) is 17.6 Å². The fourth-order valence-corrected chi connectivity index (χ4v) is 8.15. The number of fused-ring (bicyclic) bond motifs is 6. The molecule has 56 heavy (non-hydrogen) atoms. The maximum atomic E-state index is 5.26. The van der Waals surface area contributed by atoms with Crippen LogP contribution in [0.15, 0.2) is 200 Å². The molecule has 0 bridgehead atoms. The first-order chi connectivity index (χ1) is 27.8. The summed E-state index contributed by atoms with van der Waals surface area (Å²) in [5.41, 5.74) is 11.9. The second-order valence-electron chi connectivity index (χ2n) is 14.1. The highest BCUT2D eigenvalue weighted by atomic mass is 15.2. The van der Waals surface area contributed by atoms with Crippen LogP contribution in [0.5, 0.6) is 0 Å². The first-order valence-corrected chi connectivity index (χ1v) is 18.9. The van der Waals surface area contributed by atoms with Crippen LogP contribution < -0.4 is 0 Å². The van der Waals surface area contributed by atoms with Crippen LogP contribution in [0.4, 0.5) is 0 Å². The van der Waals surface area contributed by atoms with E-state index in [1.54, 1.807) is 0 Å². The average Bonchev–Trinajstić information content (AvgIpc) is 3.80. The SMILES string of the molecule is c1ccc(-c2ccc(-c3nc(-c4cccc(-n5c6ccccc6c6cc(-c7ccccc7)ccc65)c4)nc(-n4c5ccccc5c5ccccc54)n3)cc2)cc1. The number of hydrogen-bond donors (Lipinski definition) is 0. The van der Waals surface area contributed by atoms with E-state index in [2.05, 4.69) is 203 Å². The van der Waals surface area contributed by atoms with Crippen molar-refractivity contribution in [3.63, 3.8) is 0 Å². The molecule has 8 aromatic carbocycles. The van der Waals surface area contributed by atoms with Crippen molar-refractivity contribution in [2.45, 2.75) is 0 Å². The Hall–Kier alpha value is -7.63. The summed E-state index contributed by atoms with van der Waals surface area (Å²) in [6, 6.07) is 70.4. The van der Waals surface area contributed by atoms with Crippen molar-refractivity contribution in [3.05, 3.63) is 200 Å². The summed E-state index contributed by atoms with van der Waals surface area (Å²) in [4.78, 5) is 15.7. The van der Waals surface area contributed by atoms with Gasteiger partial charge in [-0.05, 0) is 64.7 Å². The minimum Gasteiger partial charge on any atom is -0.309 e. The lowest BCUT2D eigenvalue weighted by Crippen LogP contribution is -2.06. The molecule has 0 fully saturated rings. The Morgan fingerprint density at radius 2 is 0.714 bits per heavy atom. The number of nitrogens with zero attached hydrogens (tertiary/aromatic N) is 5. The summed E-state index contributed by atoms with van der Waals surface area (Å²) in [5.74, 6) is 1.79. The molecule has 262 valence electrons. The zero-order valence-corrected chi connectivity index (χ0v) is 30.3. The minimum absolute atomic E-state index is 0.574. The normalized spacial score (nSPS) is 11.6. The van der Waals surface area contributed by atoms with Crippen molar-refractivity contribution < 1.29 is 0 Å². The van der Waals surface area contributed by atoms with Gasteiger partial charge in [-0.2, -0.15) is 9.97 Å². The van der Waals surface area contributed by atoms with Gasteiger partial charge in [-0.3, -0.25) is 4.57 Å². The van der Waals surface area contributed by atoms with Gasteiger partial charge in [-0.1, -0.05) is 158 Å². The van der Waals surface area contributed by atoms with Crippen molar-refractivity contribution in [2.75, 3.05) is 0 Å². The van der Waals surface area contributed by atoms with Crippen molar-refractivity contribution in [1.82, 2.24) is 24.1 Å². The summed E-state index contributed by atoms with van der Waals surface area (Å²) < 4.78 is 4.51. The highest BCUT2D eigenvalue weighted by molar-refractivity contribution is 6.11. The van der Waals surface area contributed by atoms with Gasteiger partial charge in [0.05, 0.1) is 22.1 Å². The van der Waals surface area contributed by atoms with Gasteiger partial charge < -0.3 is 4.57 Å². The molecule has 0 N–H and O–H groups in total. The second kappa shape index (κ2) is 13.0. The van der Waals surface area contributed by atoms with Crippen molar-refractivity contribution >= 4 is 43.6 Å². The highest BCUT2D eigenvalue weighted by Crippen LogP contribution is 2.37. The first-order valence-electron chi connectivity index (χ1n) is 18.9. The summed E-state index contributed by atoms with van der Waals surface area (Å²) >= 11 is 0. The maximum absolute atomic E-state index is 5.26. The van der Waals surface area contributed by atoms with Crippen LogP contribution in [0.2, 0.25) is 0 Å². The van der Waals surface area contributed by atoms with Gasteiger partial charge in [-0.25, -0.2) is 4.98 Å². The smallest absolute Gasteiger partial charge is 0.238 e. The number of aromatic nitrogens is 5. The van der Waals surface area contributed by atoms with E-state index in [-0.39, 0.29) is 0 Å². The van der Waals surface area contributed by atoms with Gasteiger partial charge in [0, 0.05) is 38.4 Å². The Kier molecular flexibility index (Phi) is 7.42. The Labute approximate surface area is 323 Å². The van der Waals surface area contributed by atoms with Crippen LogP contribution in [0.1, 0.15) is 0 Å². The molecule has 3 heterocycles. The molecule has 5 nitrogen and oxygen atoms in total. The molecule has 0 saturated carbocycles. The van der Waals surface area contributed by atoms with Crippen LogP contribution >= 0.6 is 0 Å². The fourth-order valence-electron chi connectivity index (χ4n) is 8.15. The molecule has 0 aliphatic rings. The second-order valence-corrected chi connectivity index (χ2v) is 14.1. The van der Waals surface area contributed by atoms with Gasteiger partial charge in [0.15, 0.2) is 11.6 Å². The molecule has 0 aliphatic heterocycles. The molecule has 11 rings (SSSR count). The van der Waals surface area contributed by atoms with Gasteiger partial charge in [0.25, 0.3) is 0 Å². The molecule has 0 saturated heterocycles. The third kappa shape index (κ3) is 5.29. The quantitative estimate of drug-likeness (QED) is 0.172. The van der Waals surface area contributed by atoms with E-state index in [0.717, 1.165) is 55.2 Å². The predicted octanol–water partition coefficient (Wildman–Crippen LogP) is 12.7. The molecule has 0 aliphatic carbocycles. The topological polar surface area (TPSA) is 48.5 Å². The lowest BCUT2D eigenvalue weighted by Gasteiger charge is -2.13. The van der Waals surface area contributed by atoms with Crippen LogP contribution in [0.25, 0.3) is 100 Å². The van der Waals surface area contributed by atoms with E-state index in [4.69, 9.17) is 15.0 Å². The Balaban J connectivity index is 1.10. The summed E-state index contributed by atoms with van der Waals surface area (Å²) in [6.07, 6.45) is 0. The molecule has 0 spiro atoms. The van der Waals surface area contributed by atoms with Gasteiger partial charge in [-0.15, -0.1) is 0 Å². The molecule has 0 atom stereocenters. The van der Waals surface area contributed by atoms with Crippen LogP contribution in [0.3, 0.4) is 0 Å².